The summed E-state index contributed by atoms with van der Waals surface area (Å²) in [5.74, 6) is 0. The Balaban J connectivity index is 2.02. The lowest BCUT2D eigenvalue weighted by Gasteiger charge is -2.14. The Morgan fingerprint density at radius 3 is 2.81 bits per heavy atom. The topological polar surface area (TPSA) is 15.3 Å². The van der Waals surface area contributed by atoms with Gasteiger partial charge in [0.2, 0.25) is 0 Å². The van der Waals surface area contributed by atoms with E-state index in [1.165, 1.54) is 6.42 Å². The summed E-state index contributed by atoms with van der Waals surface area (Å²) in [6.45, 7) is 3.35. The zero-order chi connectivity index (χ0) is 11.7. The van der Waals surface area contributed by atoms with Gasteiger partial charge in [0.1, 0.15) is 0 Å². The molecule has 1 heterocycles. The number of hydrogen-bond donors (Lipinski definition) is 1. The maximum Gasteiger partial charge on any atom is 0.0568 e. The van der Waals surface area contributed by atoms with Crippen LogP contribution in [-0.2, 0) is 0 Å². The second-order valence-electron chi connectivity index (χ2n) is 4.49. The molecular formula is C12H16BrClN2. The summed E-state index contributed by atoms with van der Waals surface area (Å²) in [5.41, 5.74) is 1.10. The molecule has 1 saturated heterocycles. The van der Waals surface area contributed by atoms with E-state index in [0.717, 1.165) is 21.7 Å². The van der Waals surface area contributed by atoms with Crippen LogP contribution in [-0.4, -0.2) is 30.6 Å². The van der Waals surface area contributed by atoms with Crippen molar-refractivity contribution in [3.63, 3.8) is 0 Å². The Bertz CT molecular complexity index is 373. The molecule has 88 valence electrons. The van der Waals surface area contributed by atoms with E-state index in [9.17, 15) is 0 Å². The molecule has 1 aromatic rings. The predicted octanol–water partition coefficient (Wildman–Crippen LogP) is 3.61. The van der Waals surface area contributed by atoms with Crippen molar-refractivity contribution in [1.82, 2.24) is 4.90 Å². The van der Waals surface area contributed by atoms with Gasteiger partial charge in [0.05, 0.1) is 5.02 Å². The Morgan fingerprint density at radius 2 is 2.25 bits per heavy atom. The molecule has 0 bridgehead atoms. The summed E-state index contributed by atoms with van der Waals surface area (Å²) < 4.78 is 0.941. The van der Waals surface area contributed by atoms with Crippen LogP contribution in [0.25, 0.3) is 0 Å². The monoisotopic (exact) mass is 302 g/mol. The molecule has 2 rings (SSSR count). The Hall–Kier alpha value is -0.250. The lowest BCUT2D eigenvalue weighted by Crippen LogP contribution is -2.24. The molecule has 0 saturated carbocycles. The Kier molecular flexibility index (Phi) is 3.77. The first kappa shape index (κ1) is 12.2. The van der Waals surface area contributed by atoms with Gasteiger partial charge in [0.15, 0.2) is 0 Å². The molecule has 4 heteroatoms. The third-order valence-corrected chi connectivity index (χ3v) is 4.41. The zero-order valence-electron chi connectivity index (χ0n) is 9.50. The molecule has 0 spiro atoms. The van der Waals surface area contributed by atoms with Gasteiger partial charge in [-0.05, 0) is 54.5 Å². The van der Waals surface area contributed by atoms with Crippen LogP contribution in [0.3, 0.4) is 0 Å². The molecule has 16 heavy (non-hydrogen) atoms. The predicted molar refractivity (Wildman–Crippen MR) is 73.3 cm³/mol. The van der Waals surface area contributed by atoms with E-state index in [4.69, 9.17) is 11.6 Å². The number of hydrogen-bond acceptors (Lipinski definition) is 2. The van der Waals surface area contributed by atoms with Crippen molar-refractivity contribution in [2.75, 3.05) is 18.9 Å². The number of likely N-dealkylation sites (N-methyl/N-ethyl adjacent to an activating group) is 1. The van der Waals surface area contributed by atoms with E-state index in [0.29, 0.717) is 12.1 Å². The fraction of sp³-hybridized carbons (Fsp3) is 0.500. The second-order valence-corrected chi connectivity index (χ2v) is 5.76. The normalized spacial score (nSPS) is 26.0. The summed E-state index contributed by atoms with van der Waals surface area (Å²) in [7, 11) is 2.17. The van der Waals surface area contributed by atoms with Gasteiger partial charge < -0.3 is 10.2 Å². The number of rotatable bonds is 2. The summed E-state index contributed by atoms with van der Waals surface area (Å²) in [5, 5.41) is 4.28. The average Bonchev–Trinajstić information content (AvgIpc) is 2.52. The fourth-order valence-corrected chi connectivity index (χ4v) is 2.55. The van der Waals surface area contributed by atoms with Crippen molar-refractivity contribution in [1.29, 1.82) is 0 Å². The van der Waals surface area contributed by atoms with Crippen molar-refractivity contribution < 1.29 is 0 Å². The van der Waals surface area contributed by atoms with Gasteiger partial charge in [-0.2, -0.15) is 0 Å². The molecule has 0 aliphatic carbocycles. The summed E-state index contributed by atoms with van der Waals surface area (Å²) in [6.07, 6.45) is 1.18. The van der Waals surface area contributed by atoms with Crippen LogP contribution in [0.1, 0.15) is 13.3 Å². The number of likely N-dealkylation sites (tertiary alicyclic amines) is 1. The van der Waals surface area contributed by atoms with E-state index in [2.05, 4.69) is 46.2 Å². The van der Waals surface area contributed by atoms with Gasteiger partial charge in [-0.3, -0.25) is 0 Å². The van der Waals surface area contributed by atoms with Crippen LogP contribution < -0.4 is 5.32 Å². The molecule has 0 radical (unpaired) electrons. The highest BCUT2D eigenvalue weighted by Gasteiger charge is 2.25. The minimum Gasteiger partial charge on any atom is -0.381 e. The van der Waals surface area contributed by atoms with Gasteiger partial charge in [0.25, 0.3) is 0 Å². The largest absolute Gasteiger partial charge is 0.381 e. The zero-order valence-corrected chi connectivity index (χ0v) is 11.8. The highest BCUT2D eigenvalue weighted by molar-refractivity contribution is 9.10. The van der Waals surface area contributed by atoms with E-state index in [-0.39, 0.29) is 0 Å². The van der Waals surface area contributed by atoms with Gasteiger partial charge in [-0.1, -0.05) is 11.6 Å². The summed E-state index contributed by atoms with van der Waals surface area (Å²) >= 11 is 9.45. The van der Waals surface area contributed by atoms with Crippen molar-refractivity contribution in [3.05, 3.63) is 27.7 Å². The molecule has 1 fully saturated rings. The minimum atomic E-state index is 0.525. The summed E-state index contributed by atoms with van der Waals surface area (Å²) in [6, 6.07) is 7.18. The lowest BCUT2D eigenvalue weighted by molar-refractivity contribution is 0.330. The lowest BCUT2D eigenvalue weighted by atomic mass is 10.2. The standard InChI is InChI=1S/C12H16BrClN2/c1-8-5-10(7-16(8)2)15-9-3-4-11(13)12(14)6-9/h3-4,6,8,10,15H,5,7H2,1-2H3. The van der Waals surface area contributed by atoms with Crippen LogP contribution in [0.15, 0.2) is 22.7 Å². The SMILES string of the molecule is CC1CC(Nc2ccc(Br)c(Cl)c2)CN1C. The molecule has 1 aromatic carbocycles. The first-order chi connectivity index (χ1) is 7.56. The third-order valence-electron chi connectivity index (χ3n) is 3.18. The molecule has 1 aliphatic rings. The van der Waals surface area contributed by atoms with Crippen LogP contribution >= 0.6 is 27.5 Å². The number of benzene rings is 1. The quantitative estimate of drug-likeness (QED) is 0.898. The highest BCUT2D eigenvalue weighted by atomic mass is 79.9. The third kappa shape index (κ3) is 2.70. The second kappa shape index (κ2) is 4.94. The molecule has 1 aliphatic heterocycles. The first-order valence-corrected chi connectivity index (χ1v) is 6.65. The van der Waals surface area contributed by atoms with Gasteiger partial charge in [0, 0.05) is 28.8 Å². The van der Waals surface area contributed by atoms with Gasteiger partial charge in [-0.15, -0.1) is 0 Å². The van der Waals surface area contributed by atoms with Crippen LogP contribution in [0.2, 0.25) is 5.02 Å². The average molecular weight is 304 g/mol. The number of nitrogens with zero attached hydrogens (tertiary/aromatic N) is 1. The minimum absolute atomic E-state index is 0.525. The van der Waals surface area contributed by atoms with E-state index in [1.807, 2.05) is 12.1 Å². The van der Waals surface area contributed by atoms with E-state index >= 15 is 0 Å². The first-order valence-electron chi connectivity index (χ1n) is 5.48. The number of halogens is 2. The maximum absolute atomic E-state index is 6.06. The molecular weight excluding hydrogens is 288 g/mol. The van der Waals surface area contributed by atoms with Crippen molar-refractivity contribution in [2.45, 2.75) is 25.4 Å². The Morgan fingerprint density at radius 1 is 1.50 bits per heavy atom. The molecule has 2 nitrogen and oxygen atoms in total. The number of anilines is 1. The van der Waals surface area contributed by atoms with E-state index in [1.54, 1.807) is 0 Å². The highest BCUT2D eigenvalue weighted by Crippen LogP contribution is 2.27. The molecule has 0 aromatic heterocycles. The van der Waals surface area contributed by atoms with Crippen LogP contribution in [0.5, 0.6) is 0 Å². The molecule has 2 atom stereocenters. The molecule has 2 unspecified atom stereocenters. The molecule has 1 N–H and O–H groups in total. The van der Waals surface area contributed by atoms with Crippen molar-refractivity contribution in [2.24, 2.45) is 0 Å². The van der Waals surface area contributed by atoms with Crippen molar-refractivity contribution in [3.8, 4) is 0 Å². The summed E-state index contributed by atoms with van der Waals surface area (Å²) in [4.78, 5) is 2.37. The smallest absolute Gasteiger partial charge is 0.0568 e. The molecule has 0 amide bonds. The maximum atomic E-state index is 6.06. The van der Waals surface area contributed by atoms with Gasteiger partial charge in [-0.25, -0.2) is 0 Å². The van der Waals surface area contributed by atoms with Gasteiger partial charge >= 0.3 is 0 Å². The Labute approximate surface area is 110 Å². The van der Waals surface area contributed by atoms with Crippen molar-refractivity contribution >= 4 is 33.2 Å². The number of nitrogens with one attached hydrogen (secondary N) is 1. The van der Waals surface area contributed by atoms with E-state index < -0.39 is 0 Å². The fourth-order valence-electron chi connectivity index (χ4n) is 2.12. The van der Waals surface area contributed by atoms with Crippen LogP contribution in [0.4, 0.5) is 5.69 Å². The van der Waals surface area contributed by atoms with Crippen LogP contribution in [0, 0.1) is 0 Å².